The summed E-state index contributed by atoms with van der Waals surface area (Å²) in [6.07, 6.45) is -1.45. The number of carbonyl (C=O) groups excluding carboxylic acids is 2. The molecule has 0 aromatic heterocycles. The standard InChI is InChI=1S/C11H9Cl3FNO3/c1-6(17)19-10(11(12,13)14)16-9(18)7-2-4-8(15)5-3-7/h2-5,10H,1H3,(H,16,18). The van der Waals surface area contributed by atoms with Crippen molar-refractivity contribution in [2.45, 2.75) is 16.9 Å². The molecule has 0 heterocycles. The van der Waals surface area contributed by atoms with E-state index in [0.717, 1.165) is 19.1 Å². The predicted molar refractivity (Wildman–Crippen MR) is 69.7 cm³/mol. The summed E-state index contributed by atoms with van der Waals surface area (Å²) in [4.78, 5) is 22.7. The molecule has 1 N–H and O–H groups in total. The number of ether oxygens (including phenoxy) is 1. The largest absolute Gasteiger partial charge is 0.437 e. The topological polar surface area (TPSA) is 55.4 Å². The molecule has 0 saturated heterocycles. The maximum Gasteiger partial charge on any atom is 0.304 e. The lowest BCUT2D eigenvalue weighted by atomic mass is 10.2. The van der Waals surface area contributed by atoms with E-state index in [0.29, 0.717) is 0 Å². The molecule has 1 unspecified atom stereocenters. The minimum absolute atomic E-state index is 0.132. The summed E-state index contributed by atoms with van der Waals surface area (Å²) in [5.41, 5.74) is 0.132. The van der Waals surface area contributed by atoms with Gasteiger partial charge in [0.1, 0.15) is 5.82 Å². The lowest BCUT2D eigenvalue weighted by molar-refractivity contribution is -0.147. The van der Waals surface area contributed by atoms with Crippen molar-refractivity contribution in [1.82, 2.24) is 5.32 Å². The van der Waals surface area contributed by atoms with Crippen LogP contribution in [0, 0.1) is 5.82 Å². The molecule has 104 valence electrons. The summed E-state index contributed by atoms with van der Waals surface area (Å²) in [5.74, 6) is -1.89. The van der Waals surface area contributed by atoms with Crippen LogP contribution in [0.1, 0.15) is 17.3 Å². The summed E-state index contributed by atoms with van der Waals surface area (Å²) >= 11 is 16.7. The summed E-state index contributed by atoms with van der Waals surface area (Å²) in [6, 6.07) is 4.69. The van der Waals surface area contributed by atoms with Gasteiger partial charge in [-0.15, -0.1) is 0 Å². The highest BCUT2D eigenvalue weighted by Gasteiger charge is 2.37. The van der Waals surface area contributed by atoms with Gasteiger partial charge in [0.05, 0.1) is 0 Å². The predicted octanol–water partition coefficient (Wildman–Crippen LogP) is 2.81. The van der Waals surface area contributed by atoms with Crippen LogP contribution in [-0.4, -0.2) is 21.9 Å². The Balaban J connectivity index is 2.81. The highest BCUT2D eigenvalue weighted by Crippen LogP contribution is 2.31. The van der Waals surface area contributed by atoms with Crippen LogP contribution >= 0.6 is 34.8 Å². The smallest absolute Gasteiger partial charge is 0.304 e. The Morgan fingerprint density at radius 1 is 1.26 bits per heavy atom. The van der Waals surface area contributed by atoms with Gasteiger partial charge in [-0.25, -0.2) is 4.39 Å². The molecule has 0 saturated carbocycles. The van der Waals surface area contributed by atoms with Gasteiger partial charge in [-0.2, -0.15) is 0 Å². The van der Waals surface area contributed by atoms with Crippen molar-refractivity contribution in [2.24, 2.45) is 0 Å². The summed E-state index contributed by atoms with van der Waals surface area (Å²) in [7, 11) is 0. The van der Waals surface area contributed by atoms with Crippen LogP contribution in [0.4, 0.5) is 4.39 Å². The fraction of sp³-hybridized carbons (Fsp3) is 0.273. The van der Waals surface area contributed by atoms with Crippen LogP contribution in [0.15, 0.2) is 24.3 Å². The first-order valence-corrected chi connectivity index (χ1v) is 6.14. The quantitative estimate of drug-likeness (QED) is 0.527. The number of amides is 1. The number of benzene rings is 1. The molecule has 0 aliphatic heterocycles. The third kappa shape index (κ3) is 5.22. The van der Waals surface area contributed by atoms with Gasteiger partial charge in [-0.1, -0.05) is 34.8 Å². The van der Waals surface area contributed by atoms with Crippen molar-refractivity contribution in [1.29, 1.82) is 0 Å². The van der Waals surface area contributed by atoms with E-state index in [1.54, 1.807) is 0 Å². The molecular weight excluding hydrogens is 319 g/mol. The third-order valence-electron chi connectivity index (χ3n) is 1.95. The number of halogens is 4. The first-order valence-electron chi connectivity index (χ1n) is 5.00. The van der Waals surface area contributed by atoms with E-state index in [-0.39, 0.29) is 5.56 Å². The Morgan fingerprint density at radius 2 is 1.79 bits per heavy atom. The van der Waals surface area contributed by atoms with E-state index in [2.05, 4.69) is 10.1 Å². The zero-order valence-corrected chi connectivity index (χ0v) is 11.9. The van der Waals surface area contributed by atoms with Gasteiger partial charge in [0.15, 0.2) is 0 Å². The van der Waals surface area contributed by atoms with Crippen molar-refractivity contribution in [2.75, 3.05) is 0 Å². The number of rotatable bonds is 3. The van der Waals surface area contributed by atoms with Gasteiger partial charge in [-0.3, -0.25) is 9.59 Å². The Kier molecular flexibility index (Phi) is 5.40. The molecule has 19 heavy (non-hydrogen) atoms. The number of esters is 1. The highest BCUT2D eigenvalue weighted by atomic mass is 35.6. The van der Waals surface area contributed by atoms with Crippen LogP contribution < -0.4 is 5.32 Å². The Morgan fingerprint density at radius 3 is 2.21 bits per heavy atom. The maximum atomic E-state index is 12.7. The second-order valence-electron chi connectivity index (χ2n) is 3.51. The van der Waals surface area contributed by atoms with E-state index in [1.807, 2.05) is 0 Å². The minimum atomic E-state index is -2.03. The van der Waals surface area contributed by atoms with Gasteiger partial charge >= 0.3 is 5.97 Å². The second kappa shape index (κ2) is 6.41. The van der Waals surface area contributed by atoms with E-state index < -0.39 is 27.7 Å². The molecule has 1 aromatic carbocycles. The number of hydrogen-bond donors (Lipinski definition) is 1. The molecular formula is C11H9Cl3FNO3. The molecule has 1 amide bonds. The van der Waals surface area contributed by atoms with Crippen molar-refractivity contribution in [3.05, 3.63) is 35.6 Å². The van der Waals surface area contributed by atoms with Gasteiger partial charge in [0.25, 0.3) is 5.91 Å². The van der Waals surface area contributed by atoms with Crippen molar-refractivity contribution in [3.8, 4) is 0 Å². The van der Waals surface area contributed by atoms with Gasteiger partial charge < -0.3 is 10.1 Å². The average Bonchev–Trinajstić information content (AvgIpc) is 2.27. The van der Waals surface area contributed by atoms with E-state index in [4.69, 9.17) is 34.8 Å². The fourth-order valence-corrected chi connectivity index (χ4v) is 1.45. The molecule has 1 atom stereocenters. The van der Waals surface area contributed by atoms with E-state index in [1.165, 1.54) is 12.1 Å². The highest BCUT2D eigenvalue weighted by molar-refractivity contribution is 6.68. The average molecular weight is 329 g/mol. The zero-order valence-electron chi connectivity index (χ0n) is 9.62. The second-order valence-corrected chi connectivity index (χ2v) is 5.88. The van der Waals surface area contributed by atoms with Crippen LogP contribution in [0.5, 0.6) is 0 Å². The molecule has 0 aliphatic carbocycles. The Bertz CT molecular complexity index is 473. The number of carbonyl (C=O) groups is 2. The number of alkyl halides is 3. The summed E-state index contributed by atoms with van der Waals surface area (Å²) in [6.45, 7) is 1.10. The van der Waals surface area contributed by atoms with Crippen molar-refractivity contribution < 1.29 is 18.7 Å². The monoisotopic (exact) mass is 327 g/mol. The van der Waals surface area contributed by atoms with Crippen LogP contribution in [0.25, 0.3) is 0 Å². The van der Waals surface area contributed by atoms with Crippen LogP contribution in [0.3, 0.4) is 0 Å². The SMILES string of the molecule is CC(=O)OC(NC(=O)c1ccc(F)cc1)C(Cl)(Cl)Cl. The van der Waals surface area contributed by atoms with Crippen LogP contribution in [-0.2, 0) is 9.53 Å². The molecule has 1 rings (SSSR count). The molecule has 4 nitrogen and oxygen atoms in total. The lowest BCUT2D eigenvalue weighted by Crippen LogP contribution is -2.46. The fourth-order valence-electron chi connectivity index (χ4n) is 1.15. The number of hydrogen-bond acceptors (Lipinski definition) is 3. The van der Waals surface area contributed by atoms with Gasteiger partial charge in [0.2, 0.25) is 10.0 Å². The van der Waals surface area contributed by atoms with E-state index in [9.17, 15) is 14.0 Å². The molecule has 0 spiro atoms. The Labute approximate surface area is 123 Å². The third-order valence-corrected chi connectivity index (χ3v) is 2.54. The summed E-state index contributed by atoms with van der Waals surface area (Å²) in [5, 5.41) is 2.22. The number of nitrogens with one attached hydrogen (secondary N) is 1. The molecule has 0 bridgehead atoms. The minimum Gasteiger partial charge on any atom is -0.437 e. The zero-order chi connectivity index (χ0) is 14.6. The first-order chi connectivity index (χ1) is 8.70. The first kappa shape index (κ1) is 16.0. The van der Waals surface area contributed by atoms with Crippen LogP contribution in [0.2, 0.25) is 0 Å². The van der Waals surface area contributed by atoms with E-state index >= 15 is 0 Å². The molecule has 0 fully saturated rings. The maximum absolute atomic E-state index is 12.7. The van der Waals surface area contributed by atoms with Gasteiger partial charge in [-0.05, 0) is 24.3 Å². The Hall–Kier alpha value is -1.04. The van der Waals surface area contributed by atoms with Gasteiger partial charge in [0, 0.05) is 12.5 Å². The molecule has 1 aromatic rings. The summed E-state index contributed by atoms with van der Waals surface area (Å²) < 4.78 is 15.4. The van der Waals surface area contributed by atoms with Crippen molar-refractivity contribution in [3.63, 3.8) is 0 Å². The molecule has 8 heteroatoms. The van der Waals surface area contributed by atoms with Crippen molar-refractivity contribution >= 4 is 46.7 Å². The normalized spacial score (nSPS) is 12.7. The molecule has 0 aliphatic rings. The lowest BCUT2D eigenvalue weighted by Gasteiger charge is -2.24. The molecule has 0 radical (unpaired) electrons.